The molecule has 118 valence electrons. The van der Waals surface area contributed by atoms with Crippen LogP contribution in [0.4, 0.5) is 0 Å². The van der Waals surface area contributed by atoms with Crippen LogP contribution in [0.15, 0.2) is 42.7 Å². The highest BCUT2D eigenvalue weighted by molar-refractivity contribution is 5.92. The van der Waals surface area contributed by atoms with Gasteiger partial charge in [-0.1, -0.05) is 6.07 Å². The van der Waals surface area contributed by atoms with Gasteiger partial charge in [0, 0.05) is 12.5 Å². The lowest BCUT2D eigenvalue weighted by molar-refractivity contribution is -0.696. The first-order valence-corrected chi connectivity index (χ1v) is 6.64. The van der Waals surface area contributed by atoms with E-state index >= 15 is 0 Å². The molecular weight excluding hydrogens is 348 g/mol. The van der Waals surface area contributed by atoms with Gasteiger partial charge >= 0.3 is 0 Å². The number of hydrogen-bond acceptors (Lipinski definition) is 3. The zero-order chi connectivity index (χ0) is 15.2. The second kappa shape index (κ2) is 8.38. The second-order valence-electron chi connectivity index (χ2n) is 4.63. The van der Waals surface area contributed by atoms with Gasteiger partial charge in [-0.15, -0.1) is 0 Å². The van der Waals surface area contributed by atoms with E-state index in [-0.39, 0.29) is 17.0 Å². The molecule has 0 fully saturated rings. The molecule has 22 heavy (non-hydrogen) atoms. The monoisotopic (exact) mass is 366 g/mol. The van der Waals surface area contributed by atoms with Crippen LogP contribution in [-0.2, 0) is 13.0 Å². The molecule has 1 aromatic heterocycles. The smallest absolute Gasteiger partial charge is 0.254 e. The molecule has 2 aromatic rings. The van der Waals surface area contributed by atoms with Crippen LogP contribution in [0.1, 0.15) is 15.9 Å². The van der Waals surface area contributed by atoms with Crippen LogP contribution >= 0.6 is 0 Å². The van der Waals surface area contributed by atoms with Gasteiger partial charge in [0.25, 0.3) is 5.91 Å². The number of aromatic nitrogens is 1. The highest BCUT2D eigenvalue weighted by Crippen LogP contribution is 2.27. The number of primary amides is 1. The van der Waals surface area contributed by atoms with Gasteiger partial charge in [-0.05, 0) is 23.8 Å². The molecule has 2 N–H and O–H groups in total. The largest absolute Gasteiger partial charge is 1.00 e. The third kappa shape index (κ3) is 4.46. The predicted octanol–water partition coefficient (Wildman–Crippen LogP) is -1.66. The minimum Gasteiger partial charge on any atom is -1.00 e. The Bertz CT molecular complexity index is 647. The van der Waals surface area contributed by atoms with Crippen molar-refractivity contribution < 1.29 is 35.8 Å². The highest BCUT2D eigenvalue weighted by Gasteiger charge is 2.09. The summed E-state index contributed by atoms with van der Waals surface area (Å²) in [6.45, 7) is 0.747. The standard InChI is InChI=1S/C16H18N2O3.BrH/c1-20-14-6-5-12(10-15(14)21-2)7-9-18-8-3-4-13(11-18)16(17)19;/h3-6,8,10-11H,7,9H2,1-2H3,(H-,17,19);1H. The molecule has 1 amide bonds. The maximum Gasteiger partial charge on any atom is 0.254 e. The molecule has 0 bridgehead atoms. The fraction of sp³-hybridized carbons (Fsp3) is 0.250. The number of carbonyl (C=O) groups excluding carboxylic acids is 1. The number of nitrogens with two attached hydrogens (primary N) is 1. The summed E-state index contributed by atoms with van der Waals surface area (Å²) in [7, 11) is 3.23. The maximum absolute atomic E-state index is 11.2. The molecule has 0 aliphatic carbocycles. The second-order valence-corrected chi connectivity index (χ2v) is 4.63. The molecule has 1 heterocycles. The van der Waals surface area contributed by atoms with Crippen molar-refractivity contribution in [3.8, 4) is 11.5 Å². The summed E-state index contributed by atoms with van der Waals surface area (Å²) in [6.07, 6.45) is 4.48. The van der Waals surface area contributed by atoms with E-state index in [1.165, 1.54) is 0 Å². The van der Waals surface area contributed by atoms with E-state index in [1.54, 1.807) is 26.5 Å². The summed E-state index contributed by atoms with van der Waals surface area (Å²) in [6, 6.07) is 9.36. The lowest BCUT2D eigenvalue weighted by atomic mass is 10.1. The average molecular weight is 367 g/mol. The topological polar surface area (TPSA) is 65.4 Å². The van der Waals surface area contributed by atoms with E-state index < -0.39 is 5.91 Å². The van der Waals surface area contributed by atoms with Crippen LogP contribution in [0.5, 0.6) is 11.5 Å². The molecule has 2 rings (SSSR count). The summed E-state index contributed by atoms with van der Waals surface area (Å²) in [5.74, 6) is 1.01. The molecular formula is C16H19BrN2O3. The molecule has 0 atom stereocenters. The van der Waals surface area contributed by atoms with E-state index in [9.17, 15) is 4.79 Å². The zero-order valence-electron chi connectivity index (χ0n) is 12.6. The predicted molar refractivity (Wildman–Crippen MR) is 78.4 cm³/mol. The molecule has 0 saturated carbocycles. The van der Waals surface area contributed by atoms with Crippen LogP contribution < -0.4 is 36.8 Å². The molecule has 0 saturated heterocycles. The van der Waals surface area contributed by atoms with Crippen LogP contribution in [-0.4, -0.2) is 20.1 Å². The highest BCUT2D eigenvalue weighted by atomic mass is 79.9. The Kier molecular flexibility index (Phi) is 6.85. The first-order chi connectivity index (χ1) is 10.1. The molecule has 0 aliphatic rings. The van der Waals surface area contributed by atoms with Crippen LogP contribution in [0.2, 0.25) is 0 Å². The van der Waals surface area contributed by atoms with Gasteiger partial charge in [0.2, 0.25) is 0 Å². The van der Waals surface area contributed by atoms with Crippen molar-refractivity contribution in [2.45, 2.75) is 13.0 Å². The van der Waals surface area contributed by atoms with E-state index in [2.05, 4.69) is 0 Å². The lowest BCUT2D eigenvalue weighted by Gasteiger charge is -2.08. The molecule has 6 heteroatoms. The number of amides is 1. The van der Waals surface area contributed by atoms with Gasteiger partial charge in [0.1, 0.15) is 5.56 Å². The summed E-state index contributed by atoms with van der Waals surface area (Å²) in [5, 5.41) is 0. The summed E-state index contributed by atoms with van der Waals surface area (Å²) in [5.41, 5.74) is 6.91. The van der Waals surface area contributed by atoms with Gasteiger partial charge in [0.05, 0.1) is 14.2 Å². The molecule has 0 unspecified atom stereocenters. The van der Waals surface area contributed by atoms with Gasteiger partial charge in [-0.25, -0.2) is 4.57 Å². The van der Waals surface area contributed by atoms with Gasteiger partial charge in [-0.3, -0.25) is 4.79 Å². The molecule has 0 radical (unpaired) electrons. The van der Waals surface area contributed by atoms with Crippen molar-refractivity contribution >= 4 is 5.91 Å². The number of benzene rings is 1. The lowest BCUT2D eigenvalue weighted by Crippen LogP contribution is -3.00. The number of aryl methyl sites for hydroxylation is 2. The third-order valence-corrected chi connectivity index (χ3v) is 3.25. The van der Waals surface area contributed by atoms with Crippen molar-refractivity contribution in [1.82, 2.24) is 0 Å². The van der Waals surface area contributed by atoms with Crippen LogP contribution in [0.25, 0.3) is 0 Å². The normalized spacial score (nSPS) is 9.73. The van der Waals surface area contributed by atoms with Crippen LogP contribution in [0.3, 0.4) is 0 Å². The Morgan fingerprint density at radius 1 is 1.18 bits per heavy atom. The molecule has 0 spiro atoms. The summed E-state index contributed by atoms with van der Waals surface area (Å²) in [4.78, 5) is 11.2. The van der Waals surface area contributed by atoms with E-state index in [1.807, 2.05) is 35.0 Å². The van der Waals surface area contributed by atoms with E-state index in [0.29, 0.717) is 17.1 Å². The molecule has 1 aromatic carbocycles. The average Bonchev–Trinajstić information content (AvgIpc) is 2.52. The Hall–Kier alpha value is -2.08. The first kappa shape index (κ1) is 18.0. The van der Waals surface area contributed by atoms with Crippen LogP contribution in [0, 0.1) is 0 Å². The number of hydrogen-bond donors (Lipinski definition) is 1. The van der Waals surface area contributed by atoms with Crippen molar-refractivity contribution in [1.29, 1.82) is 0 Å². The fourth-order valence-electron chi connectivity index (χ4n) is 2.10. The Balaban J connectivity index is 0.00000242. The van der Waals surface area contributed by atoms with Crippen molar-refractivity contribution in [3.63, 3.8) is 0 Å². The number of methoxy groups -OCH3 is 2. The summed E-state index contributed by atoms with van der Waals surface area (Å²) >= 11 is 0. The Labute approximate surface area is 140 Å². The molecule has 5 nitrogen and oxygen atoms in total. The Morgan fingerprint density at radius 3 is 2.55 bits per heavy atom. The number of halogens is 1. The van der Waals surface area contributed by atoms with Crippen molar-refractivity contribution in [3.05, 3.63) is 53.9 Å². The SMILES string of the molecule is COc1ccc(CC[n+]2cccc(C(N)=O)c2)cc1OC.[Br-]. The minimum atomic E-state index is -0.421. The van der Waals surface area contributed by atoms with Gasteiger partial charge in [0.15, 0.2) is 30.4 Å². The van der Waals surface area contributed by atoms with E-state index in [0.717, 1.165) is 18.5 Å². The number of carbonyl (C=O) groups is 1. The van der Waals surface area contributed by atoms with Crippen molar-refractivity contribution in [2.24, 2.45) is 5.73 Å². The minimum absolute atomic E-state index is 0. The number of pyridine rings is 1. The van der Waals surface area contributed by atoms with Crippen molar-refractivity contribution in [2.75, 3.05) is 14.2 Å². The zero-order valence-corrected chi connectivity index (χ0v) is 14.2. The van der Waals surface area contributed by atoms with Gasteiger partial charge in [-0.2, -0.15) is 0 Å². The van der Waals surface area contributed by atoms with Gasteiger partial charge < -0.3 is 32.2 Å². The molecule has 0 aliphatic heterocycles. The third-order valence-electron chi connectivity index (χ3n) is 3.25. The number of nitrogens with zero attached hydrogens (tertiary/aromatic N) is 1. The summed E-state index contributed by atoms with van der Waals surface area (Å²) < 4.78 is 12.4. The quantitative estimate of drug-likeness (QED) is 0.622. The number of rotatable bonds is 6. The first-order valence-electron chi connectivity index (χ1n) is 6.64. The fourth-order valence-corrected chi connectivity index (χ4v) is 2.10. The van der Waals surface area contributed by atoms with E-state index in [4.69, 9.17) is 15.2 Å². The Morgan fingerprint density at radius 2 is 1.91 bits per heavy atom. The number of ether oxygens (including phenoxy) is 2. The maximum atomic E-state index is 11.2.